The zero-order valence-corrected chi connectivity index (χ0v) is 14.0. The molecule has 1 unspecified atom stereocenters. The third-order valence-corrected chi connectivity index (χ3v) is 3.90. The maximum absolute atomic E-state index is 5.89. The first-order valence-electron chi connectivity index (χ1n) is 7.55. The Kier molecular flexibility index (Phi) is 4.74. The molecule has 118 valence electrons. The van der Waals surface area contributed by atoms with Crippen LogP contribution in [0.25, 0.3) is 11.4 Å². The van der Waals surface area contributed by atoms with Crippen molar-refractivity contribution >= 4 is 11.6 Å². The number of quaternary nitrogens is 1. The highest BCUT2D eigenvalue weighted by Gasteiger charge is 2.13. The maximum atomic E-state index is 5.89. The van der Waals surface area contributed by atoms with Crippen LogP contribution in [0.4, 0.5) is 0 Å². The van der Waals surface area contributed by atoms with Gasteiger partial charge >= 0.3 is 0 Å². The van der Waals surface area contributed by atoms with Crippen molar-refractivity contribution in [2.45, 2.75) is 20.0 Å². The van der Waals surface area contributed by atoms with Crippen molar-refractivity contribution in [3.63, 3.8) is 0 Å². The van der Waals surface area contributed by atoms with Gasteiger partial charge in [-0.25, -0.2) is 0 Å². The number of nitrogens with zero attached hydrogens (tertiary/aromatic N) is 2. The van der Waals surface area contributed by atoms with Gasteiger partial charge in [-0.1, -0.05) is 46.6 Å². The number of aromatic nitrogens is 2. The zero-order valence-electron chi connectivity index (χ0n) is 13.2. The van der Waals surface area contributed by atoms with Crippen molar-refractivity contribution in [3.05, 3.63) is 70.6 Å². The fourth-order valence-electron chi connectivity index (χ4n) is 2.42. The molecule has 0 bridgehead atoms. The Hall–Kier alpha value is -2.17. The molecular weight excluding hydrogens is 310 g/mol. The molecule has 4 nitrogen and oxygen atoms in total. The number of nitrogens with one attached hydrogen (secondary N) is 1. The zero-order chi connectivity index (χ0) is 16.2. The first-order valence-corrected chi connectivity index (χ1v) is 7.93. The minimum Gasteiger partial charge on any atom is -0.333 e. The van der Waals surface area contributed by atoms with Crippen molar-refractivity contribution in [1.82, 2.24) is 10.1 Å². The normalized spacial score (nSPS) is 12.3. The average Bonchev–Trinajstić information content (AvgIpc) is 2.98. The first kappa shape index (κ1) is 15.7. The van der Waals surface area contributed by atoms with Gasteiger partial charge in [-0.3, -0.25) is 0 Å². The fourth-order valence-corrected chi connectivity index (χ4v) is 2.54. The van der Waals surface area contributed by atoms with Gasteiger partial charge in [-0.2, -0.15) is 4.98 Å². The summed E-state index contributed by atoms with van der Waals surface area (Å²) in [4.78, 5) is 5.76. The summed E-state index contributed by atoms with van der Waals surface area (Å²) in [6.07, 6.45) is 0. The number of hydrogen-bond donors (Lipinski definition) is 1. The molecular formula is C18H19ClN3O+. The minimum absolute atomic E-state index is 0.597. The van der Waals surface area contributed by atoms with Gasteiger partial charge in [0.1, 0.15) is 6.54 Å². The summed E-state index contributed by atoms with van der Waals surface area (Å²) >= 11 is 5.89. The van der Waals surface area contributed by atoms with Crippen LogP contribution in [0.5, 0.6) is 0 Å². The lowest BCUT2D eigenvalue weighted by Gasteiger charge is -2.11. The van der Waals surface area contributed by atoms with Gasteiger partial charge in [-0.15, -0.1) is 0 Å². The molecule has 0 amide bonds. The van der Waals surface area contributed by atoms with E-state index in [0.717, 1.165) is 12.1 Å². The molecule has 5 heteroatoms. The molecule has 3 rings (SSSR count). The van der Waals surface area contributed by atoms with Crippen LogP contribution >= 0.6 is 11.6 Å². The highest BCUT2D eigenvalue weighted by molar-refractivity contribution is 6.30. The summed E-state index contributed by atoms with van der Waals surface area (Å²) in [6, 6.07) is 16.0. The van der Waals surface area contributed by atoms with Crippen LogP contribution in [0.15, 0.2) is 53.1 Å². The second kappa shape index (κ2) is 6.94. The summed E-state index contributed by atoms with van der Waals surface area (Å²) in [7, 11) is 2.12. The van der Waals surface area contributed by atoms with E-state index in [1.165, 1.54) is 16.0 Å². The maximum Gasteiger partial charge on any atom is 0.282 e. The highest BCUT2D eigenvalue weighted by atomic mass is 35.5. The monoisotopic (exact) mass is 328 g/mol. The van der Waals surface area contributed by atoms with Gasteiger partial charge in [0.2, 0.25) is 5.82 Å². The van der Waals surface area contributed by atoms with Crippen molar-refractivity contribution in [2.75, 3.05) is 7.05 Å². The Morgan fingerprint density at radius 3 is 2.39 bits per heavy atom. The van der Waals surface area contributed by atoms with Crippen LogP contribution in [0.1, 0.15) is 17.0 Å². The largest absolute Gasteiger partial charge is 0.333 e. The lowest BCUT2D eigenvalue weighted by molar-refractivity contribution is -0.909. The van der Waals surface area contributed by atoms with Gasteiger partial charge in [0.25, 0.3) is 5.89 Å². The predicted octanol–water partition coefficient (Wildman–Crippen LogP) is 2.91. The van der Waals surface area contributed by atoms with Crippen LogP contribution in [0.2, 0.25) is 5.02 Å². The summed E-state index contributed by atoms with van der Waals surface area (Å²) in [5, 5.41) is 4.74. The van der Waals surface area contributed by atoms with Crippen molar-refractivity contribution < 1.29 is 9.42 Å². The quantitative estimate of drug-likeness (QED) is 0.783. The number of rotatable bonds is 5. The Labute approximate surface area is 140 Å². The van der Waals surface area contributed by atoms with E-state index >= 15 is 0 Å². The molecule has 23 heavy (non-hydrogen) atoms. The van der Waals surface area contributed by atoms with Gasteiger partial charge in [-0.05, 0) is 31.2 Å². The number of benzene rings is 2. The Morgan fingerprint density at radius 2 is 1.70 bits per heavy atom. The van der Waals surface area contributed by atoms with E-state index in [1.54, 1.807) is 0 Å². The molecule has 0 saturated heterocycles. The van der Waals surface area contributed by atoms with E-state index in [0.29, 0.717) is 23.3 Å². The van der Waals surface area contributed by atoms with Crippen LogP contribution < -0.4 is 4.90 Å². The van der Waals surface area contributed by atoms with Crippen LogP contribution in [-0.2, 0) is 13.1 Å². The van der Waals surface area contributed by atoms with Gasteiger partial charge in [0, 0.05) is 16.1 Å². The molecule has 3 aromatic rings. The van der Waals surface area contributed by atoms with Gasteiger partial charge in [0.15, 0.2) is 6.54 Å². The van der Waals surface area contributed by atoms with Crippen molar-refractivity contribution in [3.8, 4) is 11.4 Å². The molecule has 0 fully saturated rings. The summed E-state index contributed by atoms with van der Waals surface area (Å²) < 4.78 is 5.36. The summed E-state index contributed by atoms with van der Waals surface area (Å²) in [5.74, 6) is 1.24. The second-order valence-electron chi connectivity index (χ2n) is 5.81. The third-order valence-electron chi connectivity index (χ3n) is 3.65. The van der Waals surface area contributed by atoms with Crippen LogP contribution in [-0.4, -0.2) is 17.2 Å². The summed E-state index contributed by atoms with van der Waals surface area (Å²) in [6.45, 7) is 3.70. The van der Waals surface area contributed by atoms with Crippen LogP contribution in [0.3, 0.4) is 0 Å². The molecule has 1 aromatic heterocycles. The molecule has 2 aromatic carbocycles. The van der Waals surface area contributed by atoms with E-state index in [1.807, 2.05) is 24.3 Å². The topological polar surface area (TPSA) is 43.4 Å². The molecule has 1 N–H and O–H groups in total. The molecule has 0 aliphatic heterocycles. The molecule has 0 saturated carbocycles. The molecule has 1 atom stereocenters. The van der Waals surface area contributed by atoms with Gasteiger partial charge in [0.05, 0.1) is 7.05 Å². The Balaban J connectivity index is 1.64. The van der Waals surface area contributed by atoms with Crippen molar-refractivity contribution in [1.29, 1.82) is 0 Å². The highest BCUT2D eigenvalue weighted by Crippen LogP contribution is 2.18. The van der Waals surface area contributed by atoms with Gasteiger partial charge < -0.3 is 9.42 Å². The first-order chi connectivity index (χ1) is 11.1. The lowest BCUT2D eigenvalue weighted by Crippen LogP contribution is -3.06. The van der Waals surface area contributed by atoms with E-state index in [2.05, 4.69) is 48.4 Å². The van der Waals surface area contributed by atoms with Crippen LogP contribution in [0, 0.1) is 6.92 Å². The van der Waals surface area contributed by atoms with E-state index in [4.69, 9.17) is 16.1 Å². The average molecular weight is 329 g/mol. The molecule has 1 heterocycles. The fraction of sp³-hybridized carbons (Fsp3) is 0.222. The van der Waals surface area contributed by atoms with E-state index in [-0.39, 0.29) is 0 Å². The number of hydrogen-bond acceptors (Lipinski definition) is 3. The third kappa shape index (κ3) is 4.18. The Bertz CT molecular complexity index is 766. The second-order valence-corrected chi connectivity index (χ2v) is 6.25. The molecule has 0 aliphatic carbocycles. The predicted molar refractivity (Wildman–Crippen MR) is 90.2 cm³/mol. The van der Waals surface area contributed by atoms with Crippen molar-refractivity contribution in [2.24, 2.45) is 0 Å². The Morgan fingerprint density at radius 1 is 1.00 bits per heavy atom. The summed E-state index contributed by atoms with van der Waals surface area (Å²) in [5.41, 5.74) is 3.47. The minimum atomic E-state index is 0.597. The lowest BCUT2D eigenvalue weighted by atomic mass is 10.1. The SMILES string of the molecule is Cc1ccc(C[NH+](C)Cc2nc(-c3ccc(Cl)cc3)no2)cc1. The number of aryl methyl sites for hydroxylation is 1. The molecule has 0 aliphatic rings. The van der Waals surface area contributed by atoms with E-state index < -0.39 is 0 Å². The molecule has 0 radical (unpaired) electrons. The van der Waals surface area contributed by atoms with E-state index in [9.17, 15) is 0 Å². The molecule has 0 spiro atoms. The number of halogens is 1. The standard InChI is InChI=1S/C18H18ClN3O/c1-13-3-5-14(6-4-13)11-22(2)12-17-20-18(21-23-17)15-7-9-16(19)10-8-15/h3-10H,11-12H2,1-2H3/p+1. The smallest absolute Gasteiger partial charge is 0.282 e.